The molecule has 0 bridgehead atoms. The van der Waals surface area contributed by atoms with Gasteiger partial charge in [-0.3, -0.25) is 9.10 Å². The van der Waals surface area contributed by atoms with Crippen molar-refractivity contribution in [2.24, 2.45) is 0 Å². The Morgan fingerprint density at radius 1 is 1.12 bits per heavy atom. The lowest BCUT2D eigenvalue weighted by Gasteiger charge is -2.28. The summed E-state index contributed by atoms with van der Waals surface area (Å²) in [7, 11) is -3.65. The van der Waals surface area contributed by atoms with Crippen molar-refractivity contribution in [3.05, 3.63) is 66.0 Å². The largest absolute Gasteiger partial charge is 0.350 e. The first kappa shape index (κ1) is 17.9. The fourth-order valence-electron chi connectivity index (χ4n) is 2.36. The predicted octanol–water partition coefficient (Wildman–Crippen LogP) is 2.30. The van der Waals surface area contributed by atoms with E-state index in [0.717, 1.165) is 10.6 Å². The Morgan fingerprint density at radius 2 is 1.71 bits per heavy atom. The summed E-state index contributed by atoms with van der Waals surface area (Å²) >= 11 is 0. The Hall–Kier alpha value is -2.41. The number of carbonyl (C=O) groups excluding carboxylic acids is 1. The van der Waals surface area contributed by atoms with Gasteiger partial charge in [-0.1, -0.05) is 36.4 Å². The van der Waals surface area contributed by atoms with Gasteiger partial charge in [0.1, 0.15) is 11.9 Å². The number of hydrogen-bond donors (Lipinski definition) is 1. The summed E-state index contributed by atoms with van der Waals surface area (Å²) in [5.41, 5.74) is 0.734. The van der Waals surface area contributed by atoms with E-state index < -0.39 is 27.8 Å². The minimum atomic E-state index is -3.65. The average molecular weight is 350 g/mol. The molecule has 1 N–H and O–H groups in total. The second kappa shape index (κ2) is 7.44. The van der Waals surface area contributed by atoms with Gasteiger partial charge >= 0.3 is 0 Å². The Bertz CT molecular complexity index is 810. The SMILES string of the molecule is CC(C(=O)NCc1ccccc1F)N(c1ccccc1)S(C)(=O)=O. The molecule has 128 valence electrons. The van der Waals surface area contributed by atoms with Gasteiger partial charge < -0.3 is 5.32 Å². The molecule has 1 amide bonds. The van der Waals surface area contributed by atoms with Gasteiger partial charge in [0.15, 0.2) is 0 Å². The van der Waals surface area contributed by atoms with E-state index in [2.05, 4.69) is 5.32 Å². The molecule has 0 aromatic heterocycles. The molecular formula is C17H19FN2O3S. The monoisotopic (exact) mass is 350 g/mol. The van der Waals surface area contributed by atoms with Crippen LogP contribution in [0.3, 0.4) is 0 Å². The molecule has 0 saturated heterocycles. The second-order valence-corrected chi connectivity index (χ2v) is 7.24. The highest BCUT2D eigenvalue weighted by molar-refractivity contribution is 7.92. The van der Waals surface area contributed by atoms with Crippen LogP contribution in [0.15, 0.2) is 54.6 Å². The van der Waals surface area contributed by atoms with E-state index in [0.29, 0.717) is 11.3 Å². The van der Waals surface area contributed by atoms with Crippen LogP contribution in [0.1, 0.15) is 12.5 Å². The van der Waals surface area contributed by atoms with Gasteiger partial charge in [0, 0.05) is 12.1 Å². The summed E-state index contributed by atoms with van der Waals surface area (Å²) < 4.78 is 38.8. The topological polar surface area (TPSA) is 66.5 Å². The van der Waals surface area contributed by atoms with E-state index in [-0.39, 0.29) is 6.54 Å². The van der Waals surface area contributed by atoms with Crippen LogP contribution in [-0.2, 0) is 21.4 Å². The molecule has 1 unspecified atom stereocenters. The van der Waals surface area contributed by atoms with Gasteiger partial charge in [-0.25, -0.2) is 12.8 Å². The van der Waals surface area contributed by atoms with Crippen LogP contribution in [0, 0.1) is 5.82 Å². The maximum absolute atomic E-state index is 13.6. The lowest BCUT2D eigenvalue weighted by atomic mass is 10.2. The Kier molecular flexibility index (Phi) is 5.56. The highest BCUT2D eigenvalue weighted by Gasteiger charge is 2.28. The molecular weight excluding hydrogens is 331 g/mol. The number of carbonyl (C=O) groups is 1. The number of nitrogens with zero attached hydrogens (tertiary/aromatic N) is 1. The maximum atomic E-state index is 13.6. The summed E-state index contributed by atoms with van der Waals surface area (Å²) in [6.45, 7) is 1.48. The van der Waals surface area contributed by atoms with E-state index >= 15 is 0 Å². The molecule has 1 atom stereocenters. The highest BCUT2D eigenvalue weighted by Crippen LogP contribution is 2.20. The van der Waals surface area contributed by atoms with Crippen molar-refractivity contribution in [3.63, 3.8) is 0 Å². The zero-order valence-corrected chi connectivity index (χ0v) is 14.3. The third-order valence-electron chi connectivity index (χ3n) is 3.51. The van der Waals surface area contributed by atoms with E-state index in [9.17, 15) is 17.6 Å². The highest BCUT2D eigenvalue weighted by atomic mass is 32.2. The number of nitrogens with one attached hydrogen (secondary N) is 1. The summed E-state index contributed by atoms with van der Waals surface area (Å²) in [6.07, 6.45) is 1.04. The van der Waals surface area contributed by atoms with Crippen molar-refractivity contribution in [2.75, 3.05) is 10.6 Å². The summed E-state index contributed by atoms with van der Waals surface area (Å²) in [5, 5.41) is 2.58. The first-order chi connectivity index (χ1) is 11.3. The van der Waals surface area contributed by atoms with Crippen LogP contribution in [0.5, 0.6) is 0 Å². The van der Waals surface area contributed by atoms with Crippen LogP contribution in [-0.4, -0.2) is 26.6 Å². The van der Waals surface area contributed by atoms with Crippen molar-refractivity contribution in [1.82, 2.24) is 5.32 Å². The van der Waals surface area contributed by atoms with Gasteiger partial charge in [0.2, 0.25) is 15.9 Å². The molecule has 24 heavy (non-hydrogen) atoms. The molecule has 0 spiro atoms. The van der Waals surface area contributed by atoms with Crippen LogP contribution < -0.4 is 9.62 Å². The Balaban J connectivity index is 2.16. The summed E-state index contributed by atoms with van der Waals surface area (Å²) in [4.78, 5) is 12.3. The molecule has 2 aromatic carbocycles. The molecule has 0 fully saturated rings. The molecule has 5 nitrogen and oxygen atoms in total. The molecule has 7 heteroatoms. The van der Waals surface area contributed by atoms with E-state index in [1.165, 1.54) is 13.0 Å². The number of halogens is 1. The van der Waals surface area contributed by atoms with Crippen molar-refractivity contribution in [3.8, 4) is 0 Å². The third-order valence-corrected chi connectivity index (χ3v) is 4.75. The van der Waals surface area contributed by atoms with E-state index in [4.69, 9.17) is 0 Å². The first-order valence-corrected chi connectivity index (χ1v) is 9.21. The lowest BCUT2D eigenvalue weighted by Crippen LogP contribution is -2.47. The number of hydrogen-bond acceptors (Lipinski definition) is 3. The maximum Gasteiger partial charge on any atom is 0.243 e. The number of sulfonamides is 1. The quantitative estimate of drug-likeness (QED) is 0.869. The molecule has 2 rings (SSSR count). The standard InChI is InChI=1S/C17H19FN2O3S/c1-13(17(21)19-12-14-8-6-7-11-16(14)18)20(24(2,22)23)15-9-4-3-5-10-15/h3-11,13H,12H2,1-2H3,(H,19,21). The number of anilines is 1. The van der Waals surface area contributed by atoms with E-state index in [1.807, 2.05) is 0 Å². The zero-order chi connectivity index (χ0) is 17.7. The first-order valence-electron chi connectivity index (χ1n) is 7.36. The fourth-order valence-corrected chi connectivity index (χ4v) is 3.53. The molecule has 2 aromatic rings. The number of amides is 1. The average Bonchev–Trinajstić information content (AvgIpc) is 2.53. The molecule has 0 heterocycles. The summed E-state index contributed by atoms with van der Waals surface area (Å²) in [6, 6.07) is 13.5. The molecule has 0 radical (unpaired) electrons. The predicted molar refractivity (Wildman–Crippen MR) is 91.5 cm³/mol. The molecule has 0 aliphatic rings. The third kappa shape index (κ3) is 4.32. The second-order valence-electron chi connectivity index (χ2n) is 5.38. The minimum absolute atomic E-state index is 0.0117. The Morgan fingerprint density at radius 3 is 2.29 bits per heavy atom. The van der Waals surface area contributed by atoms with E-state index in [1.54, 1.807) is 48.5 Å². The van der Waals surface area contributed by atoms with Gasteiger partial charge in [0.05, 0.1) is 11.9 Å². The van der Waals surface area contributed by atoms with Crippen molar-refractivity contribution < 1.29 is 17.6 Å². The van der Waals surface area contributed by atoms with Crippen molar-refractivity contribution in [2.45, 2.75) is 19.5 Å². The van der Waals surface area contributed by atoms with Crippen LogP contribution in [0.2, 0.25) is 0 Å². The van der Waals surface area contributed by atoms with Crippen molar-refractivity contribution in [1.29, 1.82) is 0 Å². The molecule has 0 saturated carbocycles. The molecule has 0 aliphatic carbocycles. The lowest BCUT2D eigenvalue weighted by molar-refractivity contribution is -0.122. The molecule has 0 aliphatic heterocycles. The Labute approximate surface area is 141 Å². The van der Waals surface area contributed by atoms with Gasteiger partial charge in [-0.15, -0.1) is 0 Å². The fraction of sp³-hybridized carbons (Fsp3) is 0.235. The smallest absolute Gasteiger partial charge is 0.243 e. The van der Waals surface area contributed by atoms with Gasteiger partial charge in [-0.2, -0.15) is 0 Å². The number of para-hydroxylation sites is 1. The zero-order valence-electron chi connectivity index (χ0n) is 13.4. The summed E-state index contributed by atoms with van der Waals surface area (Å²) in [5.74, 6) is -0.930. The van der Waals surface area contributed by atoms with Crippen LogP contribution in [0.25, 0.3) is 0 Å². The van der Waals surface area contributed by atoms with Gasteiger partial charge in [0.25, 0.3) is 0 Å². The van der Waals surface area contributed by atoms with Crippen molar-refractivity contribution >= 4 is 21.6 Å². The van der Waals surface area contributed by atoms with Crippen LogP contribution >= 0.6 is 0 Å². The minimum Gasteiger partial charge on any atom is -0.350 e. The van der Waals surface area contributed by atoms with Gasteiger partial charge in [-0.05, 0) is 25.1 Å². The normalized spacial score (nSPS) is 12.5. The van der Waals surface area contributed by atoms with Crippen LogP contribution in [0.4, 0.5) is 10.1 Å². The number of rotatable bonds is 6. The number of benzene rings is 2.